The van der Waals surface area contributed by atoms with Gasteiger partial charge < -0.3 is 4.90 Å². The summed E-state index contributed by atoms with van der Waals surface area (Å²) in [6.07, 6.45) is 1.79. The molecular weight excluding hydrogens is 329 g/mol. The number of pyridine rings is 1. The normalized spacial score (nSPS) is 15.5. The standard InChI is InChI=1S/C18H19ClFN3O/c19-16-5-3-6-17(20)15(16)12-18(24)23-10-8-22(9-11-23)13-14-4-1-2-7-21-14/h1-7H,8-13H2. The molecule has 1 amide bonds. The van der Waals surface area contributed by atoms with Crippen molar-refractivity contribution < 1.29 is 9.18 Å². The van der Waals surface area contributed by atoms with Gasteiger partial charge in [-0.25, -0.2) is 4.39 Å². The topological polar surface area (TPSA) is 36.4 Å². The van der Waals surface area contributed by atoms with Crippen LogP contribution in [-0.4, -0.2) is 46.9 Å². The van der Waals surface area contributed by atoms with E-state index in [-0.39, 0.29) is 17.9 Å². The van der Waals surface area contributed by atoms with Crippen molar-refractivity contribution in [3.63, 3.8) is 0 Å². The average molecular weight is 348 g/mol. The van der Waals surface area contributed by atoms with Crippen LogP contribution in [0.4, 0.5) is 4.39 Å². The van der Waals surface area contributed by atoms with Crippen molar-refractivity contribution in [2.75, 3.05) is 26.2 Å². The number of carbonyl (C=O) groups is 1. The molecule has 1 fully saturated rings. The highest BCUT2D eigenvalue weighted by atomic mass is 35.5. The van der Waals surface area contributed by atoms with Crippen LogP contribution in [0.5, 0.6) is 0 Å². The molecule has 0 unspecified atom stereocenters. The maximum atomic E-state index is 13.8. The second-order valence-corrected chi connectivity index (χ2v) is 6.26. The van der Waals surface area contributed by atoms with Gasteiger partial charge in [0.25, 0.3) is 0 Å². The first kappa shape index (κ1) is 16.9. The zero-order chi connectivity index (χ0) is 16.9. The lowest BCUT2D eigenvalue weighted by Crippen LogP contribution is -2.48. The van der Waals surface area contributed by atoms with Crippen LogP contribution in [0.25, 0.3) is 0 Å². The summed E-state index contributed by atoms with van der Waals surface area (Å²) in [6, 6.07) is 10.4. The highest BCUT2D eigenvalue weighted by Crippen LogP contribution is 2.20. The summed E-state index contributed by atoms with van der Waals surface area (Å²) in [6.45, 7) is 3.62. The Balaban J connectivity index is 1.54. The van der Waals surface area contributed by atoms with E-state index in [1.54, 1.807) is 23.2 Å². The van der Waals surface area contributed by atoms with Gasteiger partial charge in [0.2, 0.25) is 5.91 Å². The molecule has 1 aromatic heterocycles. The average Bonchev–Trinajstić information content (AvgIpc) is 2.60. The Labute approximate surface area is 145 Å². The van der Waals surface area contributed by atoms with E-state index in [1.807, 2.05) is 18.2 Å². The van der Waals surface area contributed by atoms with E-state index in [0.29, 0.717) is 18.1 Å². The van der Waals surface area contributed by atoms with Gasteiger partial charge in [-0.05, 0) is 24.3 Å². The Kier molecular flexibility index (Phi) is 5.43. The summed E-state index contributed by atoms with van der Waals surface area (Å²) in [5.41, 5.74) is 1.30. The molecule has 24 heavy (non-hydrogen) atoms. The first-order valence-electron chi connectivity index (χ1n) is 7.96. The van der Waals surface area contributed by atoms with Gasteiger partial charge in [-0.3, -0.25) is 14.7 Å². The van der Waals surface area contributed by atoms with Crippen molar-refractivity contribution in [2.24, 2.45) is 0 Å². The first-order valence-corrected chi connectivity index (χ1v) is 8.34. The van der Waals surface area contributed by atoms with E-state index >= 15 is 0 Å². The molecule has 0 atom stereocenters. The molecule has 0 N–H and O–H groups in total. The Morgan fingerprint density at radius 2 is 1.92 bits per heavy atom. The molecule has 126 valence electrons. The second kappa shape index (κ2) is 7.73. The number of nitrogens with zero attached hydrogens (tertiary/aromatic N) is 3. The van der Waals surface area contributed by atoms with E-state index < -0.39 is 5.82 Å². The minimum absolute atomic E-state index is 0.00570. The van der Waals surface area contributed by atoms with Gasteiger partial charge in [-0.1, -0.05) is 23.7 Å². The molecule has 0 bridgehead atoms. The minimum Gasteiger partial charge on any atom is -0.340 e. The van der Waals surface area contributed by atoms with Crippen LogP contribution >= 0.6 is 11.6 Å². The fraction of sp³-hybridized carbons (Fsp3) is 0.333. The van der Waals surface area contributed by atoms with Gasteiger partial charge in [0.1, 0.15) is 5.82 Å². The molecule has 0 radical (unpaired) electrons. The maximum Gasteiger partial charge on any atom is 0.227 e. The molecule has 1 aromatic carbocycles. The largest absolute Gasteiger partial charge is 0.340 e. The van der Waals surface area contributed by atoms with Crippen LogP contribution in [0.15, 0.2) is 42.6 Å². The number of halogens is 2. The highest BCUT2D eigenvalue weighted by molar-refractivity contribution is 6.31. The van der Waals surface area contributed by atoms with Crippen molar-refractivity contribution in [1.29, 1.82) is 0 Å². The Bertz CT molecular complexity index is 682. The van der Waals surface area contributed by atoms with E-state index in [2.05, 4.69) is 9.88 Å². The number of piperazine rings is 1. The molecule has 0 saturated carbocycles. The lowest BCUT2D eigenvalue weighted by Gasteiger charge is -2.34. The smallest absolute Gasteiger partial charge is 0.227 e. The number of rotatable bonds is 4. The zero-order valence-corrected chi connectivity index (χ0v) is 14.0. The van der Waals surface area contributed by atoms with Crippen molar-refractivity contribution in [2.45, 2.75) is 13.0 Å². The monoisotopic (exact) mass is 347 g/mol. The van der Waals surface area contributed by atoms with Crippen LogP contribution in [0.1, 0.15) is 11.3 Å². The van der Waals surface area contributed by atoms with Crippen molar-refractivity contribution in [1.82, 2.24) is 14.8 Å². The van der Waals surface area contributed by atoms with E-state index in [4.69, 9.17) is 11.6 Å². The van der Waals surface area contributed by atoms with Crippen molar-refractivity contribution in [3.05, 3.63) is 64.7 Å². The van der Waals surface area contributed by atoms with Crippen LogP contribution in [0, 0.1) is 5.82 Å². The van der Waals surface area contributed by atoms with E-state index in [9.17, 15) is 9.18 Å². The first-order chi connectivity index (χ1) is 11.6. The summed E-state index contributed by atoms with van der Waals surface area (Å²) >= 11 is 6.00. The Hall–Kier alpha value is -1.98. The van der Waals surface area contributed by atoms with Gasteiger partial charge in [0.05, 0.1) is 12.1 Å². The van der Waals surface area contributed by atoms with Gasteiger partial charge in [0, 0.05) is 49.5 Å². The molecule has 0 aliphatic carbocycles. The van der Waals surface area contributed by atoms with Crippen LogP contribution in [0.2, 0.25) is 5.02 Å². The lowest BCUT2D eigenvalue weighted by molar-refractivity contribution is -0.132. The van der Waals surface area contributed by atoms with Gasteiger partial charge >= 0.3 is 0 Å². The molecule has 1 aliphatic rings. The third-order valence-electron chi connectivity index (χ3n) is 4.23. The number of hydrogen-bond acceptors (Lipinski definition) is 3. The summed E-state index contributed by atoms with van der Waals surface area (Å²) in [7, 11) is 0. The number of carbonyl (C=O) groups excluding carboxylic acids is 1. The minimum atomic E-state index is -0.426. The van der Waals surface area contributed by atoms with E-state index in [0.717, 1.165) is 25.3 Å². The lowest BCUT2D eigenvalue weighted by atomic mass is 10.1. The van der Waals surface area contributed by atoms with Gasteiger partial charge in [-0.15, -0.1) is 0 Å². The summed E-state index contributed by atoms with van der Waals surface area (Å²) in [4.78, 5) is 20.8. The van der Waals surface area contributed by atoms with Crippen molar-refractivity contribution >= 4 is 17.5 Å². The predicted molar refractivity (Wildman–Crippen MR) is 91.2 cm³/mol. The molecular formula is C18H19ClFN3O. The maximum absolute atomic E-state index is 13.8. The fourth-order valence-electron chi connectivity index (χ4n) is 2.84. The quantitative estimate of drug-likeness (QED) is 0.853. The number of amides is 1. The zero-order valence-electron chi connectivity index (χ0n) is 13.3. The molecule has 3 rings (SSSR count). The van der Waals surface area contributed by atoms with Crippen LogP contribution < -0.4 is 0 Å². The fourth-order valence-corrected chi connectivity index (χ4v) is 3.07. The SMILES string of the molecule is O=C(Cc1c(F)cccc1Cl)N1CCN(Cc2ccccn2)CC1. The molecule has 1 aliphatic heterocycles. The highest BCUT2D eigenvalue weighted by Gasteiger charge is 2.23. The van der Waals surface area contributed by atoms with Gasteiger partial charge in [-0.2, -0.15) is 0 Å². The summed E-state index contributed by atoms with van der Waals surface area (Å²) < 4.78 is 13.8. The molecule has 6 heteroatoms. The number of hydrogen-bond donors (Lipinski definition) is 0. The molecule has 2 heterocycles. The number of aromatic nitrogens is 1. The van der Waals surface area contributed by atoms with Gasteiger partial charge in [0.15, 0.2) is 0 Å². The molecule has 4 nitrogen and oxygen atoms in total. The van der Waals surface area contributed by atoms with E-state index in [1.165, 1.54) is 6.07 Å². The predicted octanol–water partition coefficient (Wildman–Crippen LogP) is 2.76. The molecule has 2 aromatic rings. The molecule has 0 spiro atoms. The molecule has 1 saturated heterocycles. The van der Waals surface area contributed by atoms with Crippen molar-refractivity contribution in [3.8, 4) is 0 Å². The third kappa shape index (κ3) is 4.10. The summed E-state index contributed by atoms with van der Waals surface area (Å²) in [5, 5.41) is 0.303. The van der Waals surface area contributed by atoms with Crippen LogP contribution in [0.3, 0.4) is 0 Å². The van der Waals surface area contributed by atoms with Crippen LogP contribution in [-0.2, 0) is 17.8 Å². The Morgan fingerprint density at radius 1 is 1.12 bits per heavy atom. The second-order valence-electron chi connectivity index (χ2n) is 5.85. The third-order valence-corrected chi connectivity index (χ3v) is 4.58. The summed E-state index contributed by atoms with van der Waals surface area (Å²) in [5.74, 6) is -0.510. The number of benzene rings is 1. The Morgan fingerprint density at radius 3 is 2.58 bits per heavy atom.